The number of alkyl halides is 3. The first-order valence-corrected chi connectivity index (χ1v) is 14.4. The third-order valence-electron chi connectivity index (χ3n) is 6.43. The zero-order chi connectivity index (χ0) is 34.6. The average Bonchev–Trinajstić information content (AvgIpc) is 3.52. The Bertz CT molecular complexity index is 1810. The van der Waals surface area contributed by atoms with Crippen molar-refractivity contribution < 1.29 is 69.8 Å². The lowest BCUT2D eigenvalue weighted by molar-refractivity contribution is -0.765. The predicted molar refractivity (Wildman–Crippen MR) is 141 cm³/mol. The zero-order valence-electron chi connectivity index (χ0n) is 23.9. The molecule has 1 aliphatic rings. The van der Waals surface area contributed by atoms with Crippen LogP contribution in [0.4, 0.5) is 13.2 Å². The van der Waals surface area contributed by atoms with E-state index in [1.807, 2.05) is 0 Å². The van der Waals surface area contributed by atoms with Crippen LogP contribution in [0.15, 0.2) is 40.4 Å². The molecule has 254 valence electrons. The number of aliphatic hydroxyl groups excluding tert-OH is 3. The number of imidazole rings is 1. The lowest BCUT2D eigenvalue weighted by Gasteiger charge is -2.11. The van der Waals surface area contributed by atoms with E-state index in [1.165, 1.54) is 51.6 Å². The van der Waals surface area contributed by atoms with E-state index in [-0.39, 0.29) is 36.4 Å². The van der Waals surface area contributed by atoms with Gasteiger partial charge in [-0.25, -0.2) is 27.6 Å². The topological polar surface area (TPSA) is 245 Å². The Labute approximate surface area is 256 Å². The number of nitrogens with zero attached hydrogens (tertiary/aromatic N) is 5. The van der Waals surface area contributed by atoms with Crippen LogP contribution in [0.3, 0.4) is 0 Å². The van der Waals surface area contributed by atoms with E-state index in [2.05, 4.69) is 4.98 Å². The summed E-state index contributed by atoms with van der Waals surface area (Å²) in [6.45, 7) is -1.27. The largest absolute Gasteiger partial charge is 0.741 e. The number of hydrogen-bond acceptors (Lipinski definition) is 14. The van der Waals surface area contributed by atoms with Crippen molar-refractivity contribution in [3.63, 3.8) is 0 Å². The molecule has 1 aliphatic heterocycles. The number of esters is 2. The summed E-state index contributed by atoms with van der Waals surface area (Å²) in [6.07, 6.45) is -0.0880. The molecule has 3 aromatic rings. The Morgan fingerprint density at radius 1 is 1.15 bits per heavy atom. The van der Waals surface area contributed by atoms with E-state index >= 15 is 0 Å². The Morgan fingerprint density at radius 2 is 1.78 bits per heavy atom. The highest BCUT2D eigenvalue weighted by Gasteiger charge is 2.48. The number of hydrogen-bond donors (Lipinski definition) is 3. The fourth-order valence-corrected chi connectivity index (χ4v) is 4.10. The van der Waals surface area contributed by atoms with Crippen LogP contribution in [0, 0.1) is 0 Å². The number of pyridine rings is 1. The number of rotatable bonds is 9. The maximum Gasteiger partial charge on any atom is 0.485 e. The van der Waals surface area contributed by atoms with E-state index in [9.17, 15) is 47.7 Å². The molecule has 0 radical (unpaired) electrons. The number of aliphatic hydroxyl groups is 3. The minimum Gasteiger partial charge on any atom is -0.741 e. The van der Waals surface area contributed by atoms with Crippen molar-refractivity contribution in [1.82, 2.24) is 18.7 Å². The van der Waals surface area contributed by atoms with E-state index in [0.717, 1.165) is 4.57 Å². The van der Waals surface area contributed by atoms with Gasteiger partial charge in [0.2, 0.25) is 0 Å². The number of aromatic nitrogens is 5. The molecule has 4 rings (SSSR count). The number of aryl methyl sites for hydroxylation is 2. The van der Waals surface area contributed by atoms with Crippen molar-refractivity contribution >= 4 is 33.2 Å². The van der Waals surface area contributed by atoms with Crippen molar-refractivity contribution in [3.8, 4) is 0 Å². The van der Waals surface area contributed by atoms with Crippen molar-refractivity contribution in [2.24, 2.45) is 14.1 Å². The van der Waals surface area contributed by atoms with E-state index in [1.54, 1.807) is 7.05 Å². The molecule has 4 heterocycles. The van der Waals surface area contributed by atoms with Crippen molar-refractivity contribution in [1.29, 1.82) is 0 Å². The summed E-state index contributed by atoms with van der Waals surface area (Å²) < 4.78 is 79.4. The highest BCUT2D eigenvalue weighted by atomic mass is 32.2. The second-order valence-electron chi connectivity index (χ2n) is 9.64. The van der Waals surface area contributed by atoms with Crippen molar-refractivity contribution in [3.05, 3.63) is 57.3 Å². The molecule has 0 aliphatic carbocycles. The lowest BCUT2D eigenvalue weighted by Crippen LogP contribution is -2.46. The van der Waals surface area contributed by atoms with Gasteiger partial charge in [0.05, 0.1) is 26.1 Å². The highest BCUT2D eigenvalue weighted by Crippen LogP contribution is 2.25. The molecule has 0 saturated carbocycles. The van der Waals surface area contributed by atoms with Gasteiger partial charge in [-0.05, 0) is 6.07 Å². The predicted octanol–water partition coefficient (Wildman–Crippen LogP) is -2.83. The monoisotopic (exact) mass is 683 g/mol. The molecule has 0 bridgehead atoms. The van der Waals surface area contributed by atoms with Gasteiger partial charge >= 0.3 is 23.1 Å². The molecule has 46 heavy (non-hydrogen) atoms. The summed E-state index contributed by atoms with van der Waals surface area (Å²) in [5.41, 5.74) is -6.49. The first kappa shape index (κ1) is 36.3. The van der Waals surface area contributed by atoms with Crippen LogP contribution in [0.2, 0.25) is 0 Å². The number of carbonyl (C=O) groups excluding carboxylic acids is 2. The van der Waals surface area contributed by atoms with Gasteiger partial charge in [0, 0.05) is 26.6 Å². The maximum atomic E-state index is 12.7. The van der Waals surface area contributed by atoms with Crippen molar-refractivity contribution in [2.45, 2.75) is 43.0 Å². The molecule has 0 spiro atoms. The first-order valence-electron chi connectivity index (χ1n) is 13.0. The normalized spacial score (nSPS) is 19.8. The van der Waals surface area contributed by atoms with E-state index in [0.29, 0.717) is 0 Å². The quantitative estimate of drug-likeness (QED) is 0.0677. The average molecular weight is 684 g/mol. The molecule has 0 aromatic carbocycles. The molecule has 22 heteroatoms. The first-order chi connectivity index (χ1) is 21.4. The smallest absolute Gasteiger partial charge is 0.485 e. The summed E-state index contributed by atoms with van der Waals surface area (Å²) >= 11 is 0. The number of ether oxygens (including phenoxy) is 3. The SMILES string of the molecule is Cn1cnc2c1c(=O)n(CC(=O)OCCCOC(=O)c1ccc[n+]([C@@H]3O[C@H](CO)[C@@H](O)[C@H]3O)c1)c(=O)n2C.O=S(=O)([O-])C(F)(F)F. The minimum atomic E-state index is -6.09. The number of fused-ring (bicyclic) bond motifs is 1. The third kappa shape index (κ3) is 8.13. The Balaban J connectivity index is 0.000000637. The fourth-order valence-electron chi connectivity index (χ4n) is 4.10. The standard InChI is InChI=1S/C23H28N5O10.CHF3O3S/c1-25-12-24-19-16(25)20(33)28(23(35)26(19)2)10-15(30)36-7-4-8-37-22(34)13-5-3-6-27(9-13)21-18(32)17(31)14(11-29)38-21;2-1(3,4)8(5,6)7/h3,5-6,9,12,14,17-18,21,29,31-32H,4,7-8,10-11H2,1-2H3;(H,5,6,7)/q+1;/p-1/t14-,17-,18-,21-;/m1./s1. The summed E-state index contributed by atoms with van der Waals surface area (Å²) in [4.78, 5) is 53.8. The Morgan fingerprint density at radius 3 is 2.37 bits per heavy atom. The molecule has 0 amide bonds. The third-order valence-corrected chi connectivity index (χ3v) is 6.99. The number of halogens is 3. The van der Waals surface area contributed by atoms with Gasteiger partial charge in [-0.15, -0.1) is 0 Å². The van der Waals surface area contributed by atoms with Crippen LogP contribution in [0.25, 0.3) is 11.2 Å². The molecular weight excluding hydrogens is 655 g/mol. The van der Waals surface area contributed by atoms with Crippen molar-refractivity contribution in [2.75, 3.05) is 19.8 Å². The van der Waals surface area contributed by atoms with Crippen LogP contribution in [0.5, 0.6) is 0 Å². The van der Waals surface area contributed by atoms with Gasteiger partial charge in [0.15, 0.2) is 39.8 Å². The van der Waals surface area contributed by atoms with Gasteiger partial charge in [0.1, 0.15) is 24.3 Å². The second-order valence-corrected chi connectivity index (χ2v) is 11.0. The number of carbonyl (C=O) groups is 2. The molecule has 1 fully saturated rings. The van der Waals surface area contributed by atoms with Crippen LogP contribution < -0.4 is 15.8 Å². The summed E-state index contributed by atoms with van der Waals surface area (Å²) in [7, 11) is -3.05. The van der Waals surface area contributed by atoms with Crippen LogP contribution in [-0.2, 0) is 49.8 Å². The molecule has 4 atom stereocenters. The summed E-state index contributed by atoms with van der Waals surface area (Å²) in [5.74, 6) is -1.49. The lowest BCUT2D eigenvalue weighted by atomic mass is 10.1. The Hall–Kier alpha value is -4.22. The van der Waals surface area contributed by atoms with Gasteiger partial charge in [0.25, 0.3) is 11.8 Å². The molecule has 0 unspecified atom stereocenters. The zero-order valence-corrected chi connectivity index (χ0v) is 24.8. The minimum absolute atomic E-state index is 0.0858. The fraction of sp³-hybridized carbons (Fsp3) is 0.500. The summed E-state index contributed by atoms with van der Waals surface area (Å²) in [5, 5.41) is 29.3. The van der Waals surface area contributed by atoms with Gasteiger partial charge in [-0.3, -0.25) is 14.2 Å². The molecular formula is C24H28F3N5O13S. The second kappa shape index (κ2) is 14.5. The Kier molecular flexibility index (Phi) is 11.4. The van der Waals surface area contributed by atoms with Crippen LogP contribution in [-0.4, -0.2) is 103 Å². The highest BCUT2D eigenvalue weighted by molar-refractivity contribution is 7.86. The van der Waals surface area contributed by atoms with E-state index in [4.69, 9.17) is 27.2 Å². The summed E-state index contributed by atoms with van der Waals surface area (Å²) in [6, 6.07) is 3.01. The molecule has 1 saturated heterocycles. The molecule has 3 N–H and O–H groups in total. The maximum absolute atomic E-state index is 12.7. The van der Waals surface area contributed by atoms with Gasteiger partial charge < -0.3 is 38.7 Å². The molecule has 18 nitrogen and oxygen atoms in total. The van der Waals surface area contributed by atoms with Crippen LogP contribution in [0.1, 0.15) is 23.0 Å². The molecule has 3 aromatic heterocycles. The van der Waals surface area contributed by atoms with Gasteiger partial charge in [-0.2, -0.15) is 17.7 Å². The van der Waals surface area contributed by atoms with E-state index < -0.39 is 76.5 Å². The van der Waals surface area contributed by atoms with Crippen LogP contribution >= 0.6 is 0 Å². The van der Waals surface area contributed by atoms with Gasteiger partial charge in [-0.1, -0.05) is 0 Å².